The van der Waals surface area contributed by atoms with Gasteiger partial charge in [0.1, 0.15) is 0 Å². The fourth-order valence-electron chi connectivity index (χ4n) is 6.04. The predicted molar refractivity (Wildman–Crippen MR) is 214 cm³/mol. The van der Waals surface area contributed by atoms with Crippen LogP contribution in [0.15, 0.2) is 150 Å². The number of hydrogen-bond acceptors (Lipinski definition) is 8. The third-order valence-electron chi connectivity index (χ3n) is 8.90. The highest BCUT2D eigenvalue weighted by Gasteiger charge is 2.22. The Morgan fingerprint density at radius 2 is 1.13 bits per heavy atom. The molecule has 54 heavy (non-hydrogen) atoms. The molecule has 0 radical (unpaired) electrons. The van der Waals surface area contributed by atoms with Crippen LogP contribution in [0, 0.1) is 20.2 Å². The number of benzene rings is 6. The Bertz CT molecular complexity index is 2290. The molecule has 0 bridgehead atoms. The van der Waals surface area contributed by atoms with Crippen LogP contribution in [-0.4, -0.2) is 21.4 Å². The number of halogens is 2. The summed E-state index contributed by atoms with van der Waals surface area (Å²) in [6, 6.07) is 40.1. The lowest BCUT2D eigenvalue weighted by Crippen LogP contribution is -2.16. The lowest BCUT2D eigenvalue weighted by Gasteiger charge is -2.23. The van der Waals surface area contributed by atoms with Crippen LogP contribution in [0.3, 0.4) is 0 Å². The van der Waals surface area contributed by atoms with Gasteiger partial charge in [-0.15, -0.1) is 0 Å². The molecule has 0 saturated heterocycles. The monoisotopic (exact) mass is 802 g/mol. The van der Waals surface area contributed by atoms with Crippen LogP contribution in [0.1, 0.15) is 56.8 Å². The average molecular weight is 804 g/mol. The number of carbonyl (C=O) groups excluding carboxylic acids is 2. The number of rotatable bonds is 15. The molecule has 0 saturated carbocycles. The predicted octanol–water partition coefficient (Wildman–Crippen LogP) is 11.4. The molecule has 6 aromatic rings. The van der Waals surface area contributed by atoms with Gasteiger partial charge in [0.25, 0.3) is 11.4 Å². The number of nitro groups is 2. The zero-order chi connectivity index (χ0) is 38.2. The molecule has 6 aromatic carbocycles. The molecule has 2 atom stereocenters. The highest BCUT2D eigenvalue weighted by molar-refractivity contribution is 9.10. The Morgan fingerprint density at radius 1 is 0.611 bits per heavy atom. The van der Waals surface area contributed by atoms with Crippen molar-refractivity contribution in [2.45, 2.75) is 24.9 Å². The molecule has 0 aliphatic rings. The molecular weight excluding hydrogens is 772 g/mol. The number of hydrogen-bond donors (Lipinski definition) is 2. The number of Topliss-reactive ketones (excluding diaryl/α,β-unsaturated/α-hetero) is 2. The number of nitrogens with one attached hydrogen (secondary N) is 2. The molecule has 0 aromatic heterocycles. The Hall–Kier alpha value is -6.17. The summed E-state index contributed by atoms with van der Waals surface area (Å²) in [5.74, 6) is -0.221. The van der Waals surface area contributed by atoms with Crippen molar-refractivity contribution in [3.05, 3.63) is 198 Å². The van der Waals surface area contributed by atoms with Crippen LogP contribution < -0.4 is 10.6 Å². The summed E-state index contributed by atoms with van der Waals surface area (Å²) in [6.07, 6.45) is 0.172. The smallest absolute Gasteiger partial charge is 0.270 e. The van der Waals surface area contributed by atoms with Crippen molar-refractivity contribution in [1.29, 1.82) is 0 Å². The Kier molecular flexibility index (Phi) is 11.9. The lowest BCUT2D eigenvalue weighted by atomic mass is 9.94. The summed E-state index contributed by atoms with van der Waals surface area (Å²) in [5, 5.41) is 30.5. The number of anilines is 2. The lowest BCUT2D eigenvalue weighted by molar-refractivity contribution is -0.385. The highest BCUT2D eigenvalue weighted by atomic mass is 79.9. The third-order valence-corrected chi connectivity index (χ3v) is 9.68. The number of carbonyl (C=O) groups is 2. The normalized spacial score (nSPS) is 12.0. The first-order chi connectivity index (χ1) is 26.0. The molecule has 6 rings (SSSR count). The summed E-state index contributed by atoms with van der Waals surface area (Å²) in [7, 11) is 0. The van der Waals surface area contributed by atoms with Gasteiger partial charge in [-0.25, -0.2) is 0 Å². The van der Waals surface area contributed by atoms with E-state index in [1.54, 1.807) is 54.6 Å². The van der Waals surface area contributed by atoms with Gasteiger partial charge < -0.3 is 10.6 Å². The van der Waals surface area contributed by atoms with E-state index in [1.165, 1.54) is 24.3 Å². The van der Waals surface area contributed by atoms with E-state index in [0.717, 1.165) is 15.6 Å². The topological polar surface area (TPSA) is 144 Å². The maximum atomic E-state index is 13.5. The van der Waals surface area contributed by atoms with Gasteiger partial charge in [0.05, 0.1) is 21.9 Å². The first-order valence-electron chi connectivity index (χ1n) is 16.8. The zero-order valence-corrected chi connectivity index (χ0v) is 30.9. The van der Waals surface area contributed by atoms with E-state index >= 15 is 0 Å². The first-order valence-corrected chi connectivity index (χ1v) is 18.0. The SMILES string of the molecule is O=C(CC(Nc1ccc([N+](=O)[O-])cc1)c1ccc(-c2cc([N+](=O)[O-])ccc2NC(CC(=O)c2ccc(Br)cc2)c2ccccc2)cc1)c1ccc(Cl)cc1. The van der Waals surface area contributed by atoms with Crippen molar-refractivity contribution in [2.75, 3.05) is 10.6 Å². The molecule has 0 spiro atoms. The minimum absolute atomic E-state index is 0.0483. The van der Waals surface area contributed by atoms with Crippen LogP contribution in [0.5, 0.6) is 0 Å². The zero-order valence-electron chi connectivity index (χ0n) is 28.5. The summed E-state index contributed by atoms with van der Waals surface area (Å²) < 4.78 is 0.861. The van der Waals surface area contributed by atoms with E-state index in [-0.39, 0.29) is 35.8 Å². The molecule has 0 heterocycles. The van der Waals surface area contributed by atoms with Gasteiger partial charge >= 0.3 is 0 Å². The summed E-state index contributed by atoms with van der Waals surface area (Å²) >= 11 is 9.46. The number of nitrogens with zero attached hydrogens (tertiary/aromatic N) is 2. The van der Waals surface area contributed by atoms with Crippen molar-refractivity contribution in [3.63, 3.8) is 0 Å². The summed E-state index contributed by atoms with van der Waals surface area (Å²) in [5.41, 5.74) is 4.85. The maximum absolute atomic E-state index is 13.5. The van der Waals surface area contributed by atoms with Gasteiger partial charge in [0.15, 0.2) is 11.6 Å². The largest absolute Gasteiger partial charge is 0.378 e. The summed E-state index contributed by atoms with van der Waals surface area (Å²) in [4.78, 5) is 49.1. The quantitative estimate of drug-likeness (QED) is 0.0593. The fourth-order valence-corrected chi connectivity index (χ4v) is 6.43. The van der Waals surface area contributed by atoms with Gasteiger partial charge in [-0.3, -0.25) is 29.8 Å². The molecule has 2 unspecified atom stereocenters. The van der Waals surface area contributed by atoms with Gasteiger partial charge in [-0.2, -0.15) is 0 Å². The third kappa shape index (κ3) is 9.43. The highest BCUT2D eigenvalue weighted by Crippen LogP contribution is 2.37. The van der Waals surface area contributed by atoms with Gasteiger partial charge in [-0.1, -0.05) is 94.3 Å². The minimum atomic E-state index is -0.543. The van der Waals surface area contributed by atoms with Crippen LogP contribution in [-0.2, 0) is 0 Å². The molecule has 0 fully saturated rings. The van der Waals surface area contributed by atoms with E-state index in [0.29, 0.717) is 38.7 Å². The van der Waals surface area contributed by atoms with E-state index in [2.05, 4.69) is 26.6 Å². The first kappa shape index (κ1) is 37.6. The van der Waals surface area contributed by atoms with Crippen molar-refractivity contribution >= 4 is 61.8 Å². The molecule has 0 aliphatic carbocycles. The second-order valence-electron chi connectivity index (χ2n) is 12.5. The van der Waals surface area contributed by atoms with Crippen molar-refractivity contribution in [2.24, 2.45) is 0 Å². The molecule has 270 valence electrons. The van der Waals surface area contributed by atoms with Crippen molar-refractivity contribution < 1.29 is 19.4 Å². The Balaban J connectivity index is 1.33. The van der Waals surface area contributed by atoms with E-state index in [9.17, 15) is 29.8 Å². The van der Waals surface area contributed by atoms with E-state index in [4.69, 9.17) is 11.6 Å². The molecule has 2 N–H and O–H groups in total. The summed E-state index contributed by atoms with van der Waals surface area (Å²) in [6.45, 7) is 0. The molecule has 12 heteroatoms. The van der Waals surface area contributed by atoms with Gasteiger partial charge in [0, 0.05) is 74.7 Å². The van der Waals surface area contributed by atoms with Crippen molar-refractivity contribution in [3.8, 4) is 11.1 Å². The van der Waals surface area contributed by atoms with Gasteiger partial charge in [-0.05, 0) is 71.3 Å². The van der Waals surface area contributed by atoms with E-state index in [1.807, 2.05) is 66.7 Å². The van der Waals surface area contributed by atoms with E-state index < -0.39 is 21.9 Å². The molecule has 10 nitrogen and oxygen atoms in total. The minimum Gasteiger partial charge on any atom is -0.378 e. The average Bonchev–Trinajstić information content (AvgIpc) is 3.18. The van der Waals surface area contributed by atoms with Crippen molar-refractivity contribution in [1.82, 2.24) is 0 Å². The molecular formula is C42H32BrClN4O6. The second-order valence-corrected chi connectivity index (χ2v) is 13.8. The Morgan fingerprint density at radius 3 is 1.70 bits per heavy atom. The molecule has 0 aliphatic heterocycles. The Labute approximate surface area is 324 Å². The standard InChI is InChI=1S/C42H32BrClN4O6/c43-32-14-10-30(11-15-32)42(50)26-40(28-4-2-1-3-5-28)46-38-23-22-36(48(53)54)24-37(38)27-6-8-29(9-7-27)39(25-41(49)31-12-16-33(44)17-13-31)45-34-18-20-35(21-19-34)47(51)52/h1-24,39-40,45-46H,25-26H2. The second kappa shape index (κ2) is 17.1. The number of nitro benzene ring substituents is 2. The molecule has 0 amide bonds. The number of ketones is 2. The van der Waals surface area contributed by atoms with Crippen LogP contribution >= 0.6 is 27.5 Å². The number of non-ortho nitro benzene ring substituents is 2. The fraction of sp³-hybridized carbons (Fsp3) is 0.0952. The van der Waals surface area contributed by atoms with Crippen LogP contribution in [0.2, 0.25) is 5.02 Å². The van der Waals surface area contributed by atoms with Gasteiger partial charge in [0.2, 0.25) is 0 Å². The maximum Gasteiger partial charge on any atom is 0.270 e. The van der Waals surface area contributed by atoms with Crippen LogP contribution in [0.25, 0.3) is 11.1 Å². The van der Waals surface area contributed by atoms with Crippen LogP contribution in [0.4, 0.5) is 22.7 Å².